The van der Waals surface area contributed by atoms with Gasteiger partial charge in [0.15, 0.2) is 0 Å². The summed E-state index contributed by atoms with van der Waals surface area (Å²) in [7, 11) is 1.63. The molecule has 1 aromatic carbocycles. The number of rotatable bonds is 6. The molecule has 0 bridgehead atoms. The summed E-state index contributed by atoms with van der Waals surface area (Å²) in [6, 6.07) is 6.54. The van der Waals surface area contributed by atoms with Gasteiger partial charge in [-0.2, -0.15) is 0 Å². The molecule has 1 fully saturated rings. The van der Waals surface area contributed by atoms with Crippen LogP contribution in [0.3, 0.4) is 0 Å². The first-order chi connectivity index (χ1) is 9.72. The fourth-order valence-corrected chi connectivity index (χ4v) is 2.60. The number of nitrogens with one attached hydrogen (secondary N) is 1. The molecular weight excluding hydrogens is 295 g/mol. The SMILES string of the molecule is COCCNCC(=O)N1CCCC1c1cccc(F)c1.Cl. The second-order valence-corrected chi connectivity index (χ2v) is 4.97. The van der Waals surface area contributed by atoms with Gasteiger partial charge in [0.05, 0.1) is 19.2 Å². The van der Waals surface area contributed by atoms with Gasteiger partial charge >= 0.3 is 0 Å². The van der Waals surface area contributed by atoms with Crippen LogP contribution >= 0.6 is 12.4 Å². The molecule has 4 nitrogen and oxygen atoms in total. The van der Waals surface area contributed by atoms with Crippen molar-refractivity contribution in [2.75, 3.05) is 33.4 Å². The number of carbonyl (C=O) groups excluding carboxylic acids is 1. The van der Waals surface area contributed by atoms with Crippen LogP contribution in [0, 0.1) is 5.82 Å². The van der Waals surface area contributed by atoms with Crippen LogP contribution in [0.1, 0.15) is 24.4 Å². The number of nitrogens with zero attached hydrogens (tertiary/aromatic N) is 1. The van der Waals surface area contributed by atoms with Crippen molar-refractivity contribution in [2.45, 2.75) is 18.9 Å². The Hall–Kier alpha value is -1.17. The number of halogens is 2. The van der Waals surface area contributed by atoms with E-state index < -0.39 is 0 Å². The van der Waals surface area contributed by atoms with Gasteiger partial charge in [-0.25, -0.2) is 4.39 Å². The fraction of sp³-hybridized carbons (Fsp3) is 0.533. The van der Waals surface area contributed by atoms with E-state index in [0.29, 0.717) is 19.7 Å². The van der Waals surface area contributed by atoms with E-state index in [9.17, 15) is 9.18 Å². The second-order valence-electron chi connectivity index (χ2n) is 4.97. The molecule has 1 unspecified atom stereocenters. The second kappa shape index (κ2) is 8.97. The first kappa shape index (κ1) is 17.9. The topological polar surface area (TPSA) is 41.6 Å². The van der Waals surface area contributed by atoms with Crippen LogP contribution in [0.15, 0.2) is 24.3 Å². The molecule has 1 aliphatic heterocycles. The third-order valence-electron chi connectivity index (χ3n) is 3.57. The van der Waals surface area contributed by atoms with E-state index in [2.05, 4.69) is 5.32 Å². The average Bonchev–Trinajstić information content (AvgIpc) is 2.93. The standard InChI is InChI=1S/C15H21FN2O2.ClH/c1-20-9-7-17-11-15(19)18-8-3-6-14(18)12-4-2-5-13(16)10-12;/h2,4-5,10,14,17H,3,6-9,11H2,1H3;1H. The van der Waals surface area contributed by atoms with E-state index in [0.717, 1.165) is 24.9 Å². The van der Waals surface area contributed by atoms with Gasteiger partial charge in [-0.05, 0) is 30.5 Å². The Morgan fingerprint density at radius 2 is 2.33 bits per heavy atom. The van der Waals surface area contributed by atoms with Crippen molar-refractivity contribution >= 4 is 18.3 Å². The highest BCUT2D eigenvalue weighted by atomic mass is 35.5. The number of carbonyl (C=O) groups is 1. The summed E-state index contributed by atoms with van der Waals surface area (Å²) >= 11 is 0. The quantitative estimate of drug-likeness (QED) is 0.818. The molecule has 118 valence electrons. The summed E-state index contributed by atoms with van der Waals surface area (Å²) in [5.74, 6) is -0.187. The predicted octanol–water partition coefficient (Wildman–Crippen LogP) is 2.15. The molecule has 1 heterocycles. The van der Waals surface area contributed by atoms with Crippen molar-refractivity contribution < 1.29 is 13.9 Å². The lowest BCUT2D eigenvalue weighted by Gasteiger charge is -2.25. The Morgan fingerprint density at radius 1 is 1.52 bits per heavy atom. The normalized spacial score (nSPS) is 17.6. The van der Waals surface area contributed by atoms with Gasteiger partial charge in [0.1, 0.15) is 5.82 Å². The van der Waals surface area contributed by atoms with Gasteiger partial charge in [0.25, 0.3) is 0 Å². The highest BCUT2D eigenvalue weighted by Gasteiger charge is 2.29. The van der Waals surface area contributed by atoms with E-state index in [-0.39, 0.29) is 30.2 Å². The van der Waals surface area contributed by atoms with Crippen molar-refractivity contribution in [3.63, 3.8) is 0 Å². The maximum absolute atomic E-state index is 13.3. The molecule has 0 aliphatic carbocycles. The third-order valence-corrected chi connectivity index (χ3v) is 3.57. The van der Waals surface area contributed by atoms with Crippen LogP contribution < -0.4 is 5.32 Å². The predicted molar refractivity (Wildman–Crippen MR) is 82.1 cm³/mol. The summed E-state index contributed by atoms with van der Waals surface area (Å²) in [4.78, 5) is 14.0. The van der Waals surface area contributed by atoms with Crippen LogP contribution in [0.25, 0.3) is 0 Å². The zero-order valence-electron chi connectivity index (χ0n) is 12.2. The van der Waals surface area contributed by atoms with Crippen LogP contribution in [0.5, 0.6) is 0 Å². The van der Waals surface area contributed by atoms with E-state index in [1.807, 2.05) is 11.0 Å². The molecule has 1 N–H and O–H groups in total. The van der Waals surface area contributed by atoms with E-state index in [1.54, 1.807) is 13.2 Å². The molecular formula is C15H22ClFN2O2. The lowest BCUT2D eigenvalue weighted by atomic mass is 10.0. The molecule has 0 aromatic heterocycles. The van der Waals surface area contributed by atoms with Crippen molar-refractivity contribution in [2.24, 2.45) is 0 Å². The Bertz CT molecular complexity index is 459. The van der Waals surface area contributed by atoms with Crippen molar-refractivity contribution in [1.29, 1.82) is 0 Å². The third kappa shape index (κ3) is 4.95. The summed E-state index contributed by atoms with van der Waals surface area (Å²) < 4.78 is 18.2. The summed E-state index contributed by atoms with van der Waals surface area (Å²) in [5, 5.41) is 3.06. The molecule has 6 heteroatoms. The summed E-state index contributed by atoms with van der Waals surface area (Å²) in [5.41, 5.74) is 0.882. The first-order valence-corrected chi connectivity index (χ1v) is 6.97. The monoisotopic (exact) mass is 316 g/mol. The molecule has 21 heavy (non-hydrogen) atoms. The Kier molecular flexibility index (Phi) is 7.64. The maximum Gasteiger partial charge on any atom is 0.237 e. The highest BCUT2D eigenvalue weighted by molar-refractivity contribution is 5.85. The number of hydrogen-bond donors (Lipinski definition) is 1. The Morgan fingerprint density at radius 3 is 3.05 bits per heavy atom. The van der Waals surface area contributed by atoms with Crippen LogP contribution in [-0.4, -0.2) is 44.2 Å². The van der Waals surface area contributed by atoms with Gasteiger partial charge in [0.2, 0.25) is 5.91 Å². The Labute approximate surface area is 131 Å². The van der Waals surface area contributed by atoms with E-state index in [1.165, 1.54) is 12.1 Å². The summed E-state index contributed by atoms with van der Waals surface area (Å²) in [6.45, 7) is 2.28. The first-order valence-electron chi connectivity index (χ1n) is 6.97. The van der Waals surface area contributed by atoms with Crippen molar-refractivity contribution in [1.82, 2.24) is 10.2 Å². The smallest absolute Gasteiger partial charge is 0.237 e. The van der Waals surface area contributed by atoms with E-state index in [4.69, 9.17) is 4.74 Å². The van der Waals surface area contributed by atoms with Crippen LogP contribution in [-0.2, 0) is 9.53 Å². The van der Waals surface area contributed by atoms with Gasteiger partial charge in [-0.15, -0.1) is 12.4 Å². The maximum atomic E-state index is 13.3. The molecule has 1 aromatic rings. The van der Waals surface area contributed by atoms with Crippen LogP contribution in [0.4, 0.5) is 4.39 Å². The molecule has 1 amide bonds. The molecule has 2 rings (SSSR count). The lowest BCUT2D eigenvalue weighted by Crippen LogP contribution is -2.38. The largest absolute Gasteiger partial charge is 0.383 e. The highest BCUT2D eigenvalue weighted by Crippen LogP contribution is 2.31. The molecule has 1 saturated heterocycles. The molecule has 1 atom stereocenters. The molecule has 0 saturated carbocycles. The van der Waals surface area contributed by atoms with Gasteiger partial charge in [0, 0.05) is 20.2 Å². The number of hydrogen-bond acceptors (Lipinski definition) is 3. The minimum Gasteiger partial charge on any atom is -0.383 e. The fourth-order valence-electron chi connectivity index (χ4n) is 2.60. The van der Waals surface area contributed by atoms with Gasteiger partial charge in [-0.1, -0.05) is 12.1 Å². The average molecular weight is 317 g/mol. The Balaban J connectivity index is 0.00000220. The minimum absolute atomic E-state index is 0. The summed E-state index contributed by atoms with van der Waals surface area (Å²) in [6.07, 6.45) is 1.86. The van der Waals surface area contributed by atoms with Gasteiger partial charge < -0.3 is 15.0 Å². The molecule has 1 aliphatic rings. The zero-order chi connectivity index (χ0) is 14.4. The lowest BCUT2D eigenvalue weighted by molar-refractivity contribution is -0.131. The number of benzene rings is 1. The number of methoxy groups -OCH3 is 1. The van der Waals surface area contributed by atoms with Crippen molar-refractivity contribution in [3.8, 4) is 0 Å². The number of ether oxygens (including phenoxy) is 1. The van der Waals surface area contributed by atoms with Gasteiger partial charge in [-0.3, -0.25) is 4.79 Å². The molecule has 0 spiro atoms. The number of amides is 1. The zero-order valence-corrected chi connectivity index (χ0v) is 13.0. The van der Waals surface area contributed by atoms with E-state index >= 15 is 0 Å². The minimum atomic E-state index is -0.250. The van der Waals surface area contributed by atoms with Crippen LogP contribution in [0.2, 0.25) is 0 Å². The number of likely N-dealkylation sites (tertiary alicyclic amines) is 1. The molecule has 0 radical (unpaired) electrons. The van der Waals surface area contributed by atoms with Crippen molar-refractivity contribution in [3.05, 3.63) is 35.6 Å².